The Morgan fingerprint density at radius 2 is 2.24 bits per heavy atom. The molecule has 1 aliphatic rings. The minimum Gasteiger partial charge on any atom is -0.369 e. The average molecular weight is 255 g/mol. The van der Waals surface area contributed by atoms with Gasteiger partial charge in [0.15, 0.2) is 0 Å². The van der Waals surface area contributed by atoms with Crippen LogP contribution in [-0.4, -0.2) is 39.8 Å². The van der Waals surface area contributed by atoms with Crippen molar-refractivity contribution in [1.29, 1.82) is 0 Å². The molecule has 0 spiro atoms. The Morgan fingerprint density at radius 3 is 2.82 bits per heavy atom. The van der Waals surface area contributed by atoms with Crippen LogP contribution in [0, 0.1) is 5.92 Å². The minimum atomic E-state index is -0.377. The Hall–Kier alpha value is -1.69. The zero-order valence-corrected chi connectivity index (χ0v) is 9.72. The number of primary amides is 1. The summed E-state index contributed by atoms with van der Waals surface area (Å²) in [5.74, 6) is -0.924. The molecule has 1 aromatic rings. The lowest BCUT2D eigenvalue weighted by Gasteiger charge is -2.14. The highest BCUT2D eigenvalue weighted by Gasteiger charge is 2.30. The second-order valence-electron chi connectivity index (χ2n) is 3.87. The minimum absolute atomic E-state index is 0.168. The zero-order chi connectivity index (χ0) is 12.4. The number of nitrogens with zero attached hydrogens (tertiary/aromatic N) is 3. The zero-order valence-electron chi connectivity index (χ0n) is 8.97. The predicted molar refractivity (Wildman–Crippen MR) is 60.2 cm³/mol. The number of likely N-dealkylation sites (tertiary alicyclic amines) is 1. The van der Waals surface area contributed by atoms with Gasteiger partial charge in [-0.25, -0.2) is 4.98 Å². The Bertz CT molecular complexity index is 465. The van der Waals surface area contributed by atoms with E-state index < -0.39 is 0 Å². The van der Waals surface area contributed by atoms with E-state index in [2.05, 4.69) is 9.97 Å². The highest BCUT2D eigenvalue weighted by molar-refractivity contribution is 6.29. The van der Waals surface area contributed by atoms with Gasteiger partial charge in [-0.1, -0.05) is 11.6 Å². The summed E-state index contributed by atoms with van der Waals surface area (Å²) < 4.78 is 0. The molecule has 6 nitrogen and oxygen atoms in total. The molecule has 17 heavy (non-hydrogen) atoms. The molecular formula is C10H11ClN4O2. The van der Waals surface area contributed by atoms with Crippen LogP contribution in [0.2, 0.25) is 5.15 Å². The Labute approximate surface area is 103 Å². The summed E-state index contributed by atoms with van der Waals surface area (Å²) in [6.07, 6.45) is 3.30. The normalized spacial score (nSPS) is 19.4. The first-order valence-electron chi connectivity index (χ1n) is 5.14. The van der Waals surface area contributed by atoms with E-state index in [-0.39, 0.29) is 28.6 Å². The van der Waals surface area contributed by atoms with Crippen molar-refractivity contribution < 1.29 is 9.59 Å². The molecule has 2 amide bonds. The Balaban J connectivity index is 2.09. The molecule has 0 aliphatic carbocycles. The summed E-state index contributed by atoms with van der Waals surface area (Å²) in [5.41, 5.74) is 5.38. The number of carbonyl (C=O) groups excluding carboxylic acids is 2. The van der Waals surface area contributed by atoms with Gasteiger partial charge in [-0.3, -0.25) is 14.6 Å². The van der Waals surface area contributed by atoms with Gasteiger partial charge >= 0.3 is 0 Å². The van der Waals surface area contributed by atoms with Crippen LogP contribution in [0.3, 0.4) is 0 Å². The molecule has 0 aromatic carbocycles. The molecule has 1 saturated heterocycles. The summed E-state index contributed by atoms with van der Waals surface area (Å²) in [6, 6.07) is 0. The smallest absolute Gasteiger partial charge is 0.274 e. The van der Waals surface area contributed by atoms with E-state index in [1.54, 1.807) is 0 Å². The van der Waals surface area contributed by atoms with Gasteiger partial charge in [0.1, 0.15) is 10.8 Å². The topological polar surface area (TPSA) is 89.2 Å². The van der Waals surface area contributed by atoms with Gasteiger partial charge in [0, 0.05) is 13.1 Å². The second-order valence-corrected chi connectivity index (χ2v) is 4.25. The van der Waals surface area contributed by atoms with Crippen molar-refractivity contribution in [2.45, 2.75) is 6.42 Å². The molecule has 1 fully saturated rings. The van der Waals surface area contributed by atoms with Crippen LogP contribution in [-0.2, 0) is 4.79 Å². The van der Waals surface area contributed by atoms with E-state index in [1.807, 2.05) is 0 Å². The maximum absolute atomic E-state index is 12.0. The molecular weight excluding hydrogens is 244 g/mol. The lowest BCUT2D eigenvalue weighted by molar-refractivity contribution is -0.121. The van der Waals surface area contributed by atoms with Crippen LogP contribution < -0.4 is 5.73 Å². The lowest BCUT2D eigenvalue weighted by Crippen LogP contribution is -2.32. The average Bonchev–Trinajstić information content (AvgIpc) is 2.77. The molecule has 0 saturated carbocycles. The first-order chi connectivity index (χ1) is 8.08. The SMILES string of the molecule is NC(=O)C1CCN(C(=O)c2cncc(Cl)n2)C1. The van der Waals surface area contributed by atoms with Gasteiger partial charge in [-0.2, -0.15) is 0 Å². The van der Waals surface area contributed by atoms with Crippen LogP contribution in [0.1, 0.15) is 16.9 Å². The molecule has 1 unspecified atom stereocenters. The number of hydrogen-bond donors (Lipinski definition) is 1. The van der Waals surface area contributed by atoms with E-state index in [9.17, 15) is 9.59 Å². The summed E-state index contributed by atoms with van der Waals surface area (Å²) in [5, 5.41) is 0.168. The third kappa shape index (κ3) is 2.52. The molecule has 2 rings (SSSR count). The molecule has 0 radical (unpaired) electrons. The quantitative estimate of drug-likeness (QED) is 0.809. The van der Waals surface area contributed by atoms with Gasteiger partial charge in [0.05, 0.1) is 18.3 Å². The Morgan fingerprint density at radius 1 is 1.47 bits per heavy atom. The summed E-state index contributed by atoms with van der Waals surface area (Å²) >= 11 is 5.66. The number of rotatable bonds is 2. The fraction of sp³-hybridized carbons (Fsp3) is 0.400. The van der Waals surface area contributed by atoms with Gasteiger partial charge in [0.25, 0.3) is 5.91 Å². The van der Waals surface area contributed by atoms with Gasteiger partial charge < -0.3 is 10.6 Å². The number of aromatic nitrogens is 2. The molecule has 1 atom stereocenters. The van der Waals surface area contributed by atoms with E-state index in [4.69, 9.17) is 17.3 Å². The second kappa shape index (κ2) is 4.67. The lowest BCUT2D eigenvalue weighted by atomic mass is 10.1. The molecule has 2 N–H and O–H groups in total. The van der Waals surface area contributed by atoms with Crippen molar-refractivity contribution in [1.82, 2.24) is 14.9 Å². The van der Waals surface area contributed by atoms with Gasteiger partial charge in [-0.05, 0) is 6.42 Å². The van der Waals surface area contributed by atoms with Crippen LogP contribution >= 0.6 is 11.6 Å². The van der Waals surface area contributed by atoms with Crippen molar-refractivity contribution in [2.24, 2.45) is 11.7 Å². The van der Waals surface area contributed by atoms with Crippen LogP contribution in [0.15, 0.2) is 12.4 Å². The summed E-state index contributed by atoms with van der Waals surface area (Å²) in [4.78, 5) is 32.2. The number of halogens is 1. The Kier molecular flexibility index (Phi) is 3.23. The highest BCUT2D eigenvalue weighted by Crippen LogP contribution is 2.17. The molecule has 7 heteroatoms. The summed E-state index contributed by atoms with van der Waals surface area (Å²) in [7, 11) is 0. The van der Waals surface area contributed by atoms with Crippen LogP contribution in [0.25, 0.3) is 0 Å². The molecule has 90 valence electrons. The van der Waals surface area contributed by atoms with Crippen molar-refractivity contribution in [3.05, 3.63) is 23.2 Å². The maximum atomic E-state index is 12.0. The third-order valence-electron chi connectivity index (χ3n) is 2.70. The van der Waals surface area contributed by atoms with Crippen molar-refractivity contribution in [2.75, 3.05) is 13.1 Å². The maximum Gasteiger partial charge on any atom is 0.274 e. The van der Waals surface area contributed by atoms with E-state index >= 15 is 0 Å². The molecule has 2 heterocycles. The van der Waals surface area contributed by atoms with E-state index in [1.165, 1.54) is 17.3 Å². The summed E-state index contributed by atoms with van der Waals surface area (Å²) in [6.45, 7) is 0.836. The number of nitrogens with two attached hydrogens (primary N) is 1. The fourth-order valence-electron chi connectivity index (χ4n) is 1.78. The van der Waals surface area contributed by atoms with E-state index in [0.29, 0.717) is 19.5 Å². The standard InChI is InChI=1S/C10H11ClN4O2/c11-8-4-13-3-7(14-8)10(17)15-2-1-6(5-15)9(12)16/h3-4,6H,1-2,5H2,(H2,12,16). The van der Waals surface area contributed by atoms with Crippen LogP contribution in [0.4, 0.5) is 0 Å². The van der Waals surface area contributed by atoms with Crippen molar-refractivity contribution in [3.8, 4) is 0 Å². The number of amides is 2. The largest absolute Gasteiger partial charge is 0.369 e. The van der Waals surface area contributed by atoms with Crippen molar-refractivity contribution in [3.63, 3.8) is 0 Å². The monoisotopic (exact) mass is 254 g/mol. The molecule has 1 aliphatic heterocycles. The first kappa shape index (κ1) is 11.8. The third-order valence-corrected chi connectivity index (χ3v) is 2.88. The molecule has 1 aromatic heterocycles. The number of hydrogen-bond acceptors (Lipinski definition) is 4. The number of carbonyl (C=O) groups is 2. The van der Waals surface area contributed by atoms with Crippen LogP contribution in [0.5, 0.6) is 0 Å². The predicted octanol–water partition coefficient (Wildman–Crippen LogP) is 0.0774. The highest BCUT2D eigenvalue weighted by atomic mass is 35.5. The fourth-order valence-corrected chi connectivity index (χ4v) is 1.93. The first-order valence-corrected chi connectivity index (χ1v) is 5.52. The van der Waals surface area contributed by atoms with E-state index in [0.717, 1.165) is 0 Å². The van der Waals surface area contributed by atoms with Crippen molar-refractivity contribution >= 4 is 23.4 Å². The van der Waals surface area contributed by atoms with Gasteiger partial charge in [-0.15, -0.1) is 0 Å². The van der Waals surface area contributed by atoms with Gasteiger partial charge in [0.2, 0.25) is 5.91 Å². The molecule has 0 bridgehead atoms.